The minimum absolute atomic E-state index is 0.0554. The van der Waals surface area contributed by atoms with Crippen molar-refractivity contribution in [2.45, 2.75) is 44.5 Å². The highest BCUT2D eigenvalue weighted by atomic mass is 19.1. The Hall–Kier alpha value is -3.42. The van der Waals surface area contributed by atoms with E-state index in [1.54, 1.807) is 36.4 Å². The molecule has 0 radical (unpaired) electrons. The van der Waals surface area contributed by atoms with E-state index < -0.39 is 24.1 Å². The zero-order valence-corrected chi connectivity index (χ0v) is 16.4. The minimum atomic E-state index is -0.881. The molecule has 2 fully saturated rings. The lowest BCUT2D eigenvalue weighted by Gasteiger charge is -2.24. The summed E-state index contributed by atoms with van der Waals surface area (Å²) < 4.78 is 19.2. The van der Waals surface area contributed by atoms with Gasteiger partial charge in [-0.05, 0) is 48.2 Å². The Morgan fingerprint density at radius 3 is 2.53 bits per heavy atom. The van der Waals surface area contributed by atoms with E-state index >= 15 is 0 Å². The predicted octanol–water partition coefficient (Wildman–Crippen LogP) is 3.12. The Balaban J connectivity index is 1.60. The molecule has 0 spiro atoms. The number of carbonyl (C=O) groups is 3. The van der Waals surface area contributed by atoms with Crippen LogP contribution in [0.25, 0.3) is 0 Å². The molecule has 3 amide bonds. The number of rotatable bonds is 6. The number of benzene rings is 2. The quantitative estimate of drug-likeness (QED) is 0.765. The zero-order chi connectivity index (χ0) is 21.3. The van der Waals surface area contributed by atoms with Crippen LogP contribution in [-0.4, -0.2) is 34.9 Å². The standard InChI is InChI=1S/C22H22FN3O4/c1-13(27)24-17-7-5-15(6-8-17)20-19(21(28)25-18-9-10-18)26(22(29)30-20)12-14-3-2-4-16(23)11-14/h2-8,11,18-20H,9-10,12H2,1H3,(H,24,27)(H,25,28)/t19-,20+/m0/s1. The van der Waals surface area contributed by atoms with E-state index in [9.17, 15) is 18.8 Å². The second-order valence-corrected chi connectivity index (χ2v) is 7.59. The molecule has 2 aliphatic rings. The van der Waals surface area contributed by atoms with Gasteiger partial charge in [-0.25, -0.2) is 9.18 Å². The molecule has 0 unspecified atom stereocenters. The number of ether oxygens (including phenoxy) is 1. The molecule has 1 saturated heterocycles. The third kappa shape index (κ3) is 4.42. The van der Waals surface area contributed by atoms with Gasteiger partial charge >= 0.3 is 6.09 Å². The Morgan fingerprint density at radius 2 is 1.90 bits per heavy atom. The van der Waals surface area contributed by atoms with Gasteiger partial charge in [0, 0.05) is 18.7 Å². The van der Waals surface area contributed by atoms with E-state index in [1.807, 2.05) is 0 Å². The van der Waals surface area contributed by atoms with Crippen LogP contribution < -0.4 is 10.6 Å². The number of halogens is 1. The van der Waals surface area contributed by atoms with Crippen molar-refractivity contribution >= 4 is 23.6 Å². The molecule has 2 aromatic rings. The first-order chi connectivity index (χ1) is 14.4. The van der Waals surface area contributed by atoms with Gasteiger partial charge in [-0.1, -0.05) is 24.3 Å². The Morgan fingerprint density at radius 1 is 1.17 bits per heavy atom. The fraction of sp³-hybridized carbons (Fsp3) is 0.318. The van der Waals surface area contributed by atoms with Crippen molar-refractivity contribution in [3.8, 4) is 0 Å². The summed E-state index contributed by atoms with van der Waals surface area (Å²) in [4.78, 5) is 38.2. The van der Waals surface area contributed by atoms with Gasteiger partial charge < -0.3 is 15.4 Å². The van der Waals surface area contributed by atoms with Crippen molar-refractivity contribution in [2.24, 2.45) is 0 Å². The fourth-order valence-electron chi connectivity index (χ4n) is 3.52. The summed E-state index contributed by atoms with van der Waals surface area (Å²) in [6.07, 6.45) is 0.378. The molecule has 7 nitrogen and oxygen atoms in total. The van der Waals surface area contributed by atoms with Crippen molar-refractivity contribution in [3.63, 3.8) is 0 Å². The normalized spacial score (nSPS) is 20.6. The van der Waals surface area contributed by atoms with Gasteiger partial charge in [-0.3, -0.25) is 14.5 Å². The topological polar surface area (TPSA) is 87.7 Å². The van der Waals surface area contributed by atoms with Crippen molar-refractivity contribution in [3.05, 3.63) is 65.5 Å². The number of nitrogens with one attached hydrogen (secondary N) is 2. The molecule has 1 heterocycles. The van der Waals surface area contributed by atoms with E-state index in [0.717, 1.165) is 12.8 Å². The number of anilines is 1. The summed E-state index contributed by atoms with van der Waals surface area (Å²) in [7, 11) is 0. The molecule has 0 bridgehead atoms. The maximum atomic E-state index is 13.6. The van der Waals surface area contributed by atoms with Gasteiger partial charge in [0.1, 0.15) is 5.82 Å². The summed E-state index contributed by atoms with van der Waals surface area (Å²) >= 11 is 0. The molecule has 156 valence electrons. The Kier molecular flexibility index (Phi) is 5.39. The predicted molar refractivity (Wildman–Crippen MR) is 107 cm³/mol. The van der Waals surface area contributed by atoms with Crippen LogP contribution in [0.4, 0.5) is 14.9 Å². The molecular formula is C22H22FN3O4. The van der Waals surface area contributed by atoms with Crippen LogP contribution in [0.1, 0.15) is 37.0 Å². The van der Waals surface area contributed by atoms with E-state index in [1.165, 1.54) is 24.0 Å². The van der Waals surface area contributed by atoms with Gasteiger partial charge in [0.15, 0.2) is 12.1 Å². The molecule has 1 aliphatic carbocycles. The average Bonchev–Trinajstić information content (AvgIpc) is 3.44. The van der Waals surface area contributed by atoms with Crippen LogP contribution in [-0.2, 0) is 20.9 Å². The summed E-state index contributed by atoms with van der Waals surface area (Å²) in [6, 6.07) is 12.0. The molecule has 1 aliphatic heterocycles. The summed E-state index contributed by atoms with van der Waals surface area (Å²) in [6.45, 7) is 1.47. The summed E-state index contributed by atoms with van der Waals surface area (Å²) in [5, 5.41) is 5.61. The van der Waals surface area contributed by atoms with Crippen LogP contribution in [0.15, 0.2) is 48.5 Å². The van der Waals surface area contributed by atoms with Gasteiger partial charge in [0.25, 0.3) is 0 Å². The second-order valence-electron chi connectivity index (χ2n) is 7.59. The zero-order valence-electron chi connectivity index (χ0n) is 16.4. The largest absolute Gasteiger partial charge is 0.438 e. The van der Waals surface area contributed by atoms with E-state index in [4.69, 9.17) is 4.74 Å². The lowest BCUT2D eigenvalue weighted by Crippen LogP contribution is -2.46. The Bertz CT molecular complexity index is 975. The molecule has 30 heavy (non-hydrogen) atoms. The van der Waals surface area contributed by atoms with Crippen molar-refractivity contribution in [2.75, 3.05) is 5.32 Å². The van der Waals surface area contributed by atoms with Crippen LogP contribution in [0.3, 0.4) is 0 Å². The smallest absolute Gasteiger partial charge is 0.411 e. The summed E-state index contributed by atoms with van der Waals surface area (Å²) in [5.41, 5.74) is 1.80. The first-order valence-corrected chi connectivity index (χ1v) is 9.80. The van der Waals surface area contributed by atoms with E-state index in [2.05, 4.69) is 10.6 Å². The van der Waals surface area contributed by atoms with Crippen molar-refractivity contribution in [1.82, 2.24) is 10.2 Å². The van der Waals surface area contributed by atoms with Gasteiger partial charge in [0.05, 0.1) is 6.54 Å². The van der Waals surface area contributed by atoms with Crippen LogP contribution in [0.5, 0.6) is 0 Å². The average molecular weight is 411 g/mol. The third-order valence-electron chi connectivity index (χ3n) is 5.08. The van der Waals surface area contributed by atoms with Gasteiger partial charge in [0.2, 0.25) is 11.8 Å². The number of nitrogens with zero attached hydrogens (tertiary/aromatic N) is 1. The number of cyclic esters (lactones) is 1. The monoisotopic (exact) mass is 411 g/mol. The molecule has 1 saturated carbocycles. The second kappa shape index (κ2) is 8.14. The van der Waals surface area contributed by atoms with E-state index in [-0.39, 0.29) is 24.4 Å². The number of carbonyl (C=O) groups excluding carboxylic acids is 3. The maximum absolute atomic E-state index is 13.6. The summed E-state index contributed by atoms with van der Waals surface area (Å²) in [5.74, 6) is -0.905. The maximum Gasteiger partial charge on any atom is 0.411 e. The fourth-order valence-corrected chi connectivity index (χ4v) is 3.52. The highest BCUT2D eigenvalue weighted by Crippen LogP contribution is 2.35. The number of amides is 3. The highest BCUT2D eigenvalue weighted by Gasteiger charge is 2.47. The third-order valence-corrected chi connectivity index (χ3v) is 5.08. The lowest BCUT2D eigenvalue weighted by molar-refractivity contribution is -0.126. The van der Waals surface area contributed by atoms with Crippen LogP contribution >= 0.6 is 0 Å². The van der Waals surface area contributed by atoms with Gasteiger partial charge in [-0.2, -0.15) is 0 Å². The minimum Gasteiger partial charge on any atom is -0.438 e. The molecular weight excluding hydrogens is 389 g/mol. The first kappa shape index (κ1) is 19.9. The highest BCUT2D eigenvalue weighted by molar-refractivity contribution is 5.90. The lowest BCUT2D eigenvalue weighted by atomic mass is 10.00. The van der Waals surface area contributed by atoms with Crippen molar-refractivity contribution < 1.29 is 23.5 Å². The van der Waals surface area contributed by atoms with Crippen molar-refractivity contribution in [1.29, 1.82) is 0 Å². The van der Waals surface area contributed by atoms with Crippen LogP contribution in [0, 0.1) is 5.82 Å². The molecule has 4 rings (SSSR count). The number of hydrogen-bond acceptors (Lipinski definition) is 4. The van der Waals surface area contributed by atoms with Gasteiger partial charge in [-0.15, -0.1) is 0 Å². The molecule has 2 atom stereocenters. The van der Waals surface area contributed by atoms with Crippen LogP contribution in [0.2, 0.25) is 0 Å². The number of hydrogen-bond donors (Lipinski definition) is 2. The molecule has 8 heteroatoms. The first-order valence-electron chi connectivity index (χ1n) is 9.80. The molecule has 2 N–H and O–H groups in total. The van der Waals surface area contributed by atoms with E-state index in [0.29, 0.717) is 16.8 Å². The molecule has 0 aromatic heterocycles. The SMILES string of the molecule is CC(=O)Nc1ccc([C@H]2OC(=O)N(Cc3cccc(F)c3)[C@@H]2C(=O)NC2CC2)cc1. The Labute approximate surface area is 173 Å². The molecule has 2 aromatic carbocycles.